The number of ether oxygens (including phenoxy) is 3. The zero-order chi connectivity index (χ0) is 11.5. The molecular formula is C10H14ClNO4. The lowest BCUT2D eigenvalue weighted by molar-refractivity contribution is -0.161. The molecule has 2 heterocycles. The second kappa shape index (κ2) is 5.03. The standard InChI is InChI=1S/C10H14ClNO4/c1-2-15-10-8(7(11)9(13)16-10)12-3-5-14-6-4-12/h10H,2-6H2,1H3. The van der Waals surface area contributed by atoms with Gasteiger partial charge in [-0.3, -0.25) is 0 Å². The first-order valence-corrected chi connectivity index (χ1v) is 5.66. The molecule has 90 valence electrons. The number of morpholine rings is 1. The molecule has 2 rings (SSSR count). The Kier molecular flexibility index (Phi) is 3.68. The van der Waals surface area contributed by atoms with Crippen molar-refractivity contribution >= 4 is 17.6 Å². The average Bonchev–Trinajstić information content (AvgIpc) is 2.57. The van der Waals surface area contributed by atoms with Crippen LogP contribution in [0.3, 0.4) is 0 Å². The topological polar surface area (TPSA) is 48.0 Å². The molecule has 2 aliphatic heterocycles. The molecule has 16 heavy (non-hydrogen) atoms. The number of carbonyl (C=O) groups excluding carboxylic acids is 1. The summed E-state index contributed by atoms with van der Waals surface area (Å²) in [6.07, 6.45) is -0.664. The summed E-state index contributed by atoms with van der Waals surface area (Å²) in [4.78, 5) is 13.3. The highest BCUT2D eigenvalue weighted by atomic mass is 35.5. The van der Waals surface area contributed by atoms with E-state index in [0.717, 1.165) is 0 Å². The van der Waals surface area contributed by atoms with Gasteiger partial charge < -0.3 is 19.1 Å². The molecule has 5 nitrogen and oxygen atoms in total. The van der Waals surface area contributed by atoms with Gasteiger partial charge in [0.1, 0.15) is 5.70 Å². The summed E-state index contributed by atoms with van der Waals surface area (Å²) in [5, 5.41) is 0.125. The third kappa shape index (κ3) is 2.16. The highest BCUT2D eigenvalue weighted by Gasteiger charge is 2.37. The summed E-state index contributed by atoms with van der Waals surface area (Å²) in [5.41, 5.74) is 0.636. The quantitative estimate of drug-likeness (QED) is 0.687. The summed E-state index contributed by atoms with van der Waals surface area (Å²) in [6.45, 7) is 4.96. The minimum atomic E-state index is -0.664. The van der Waals surface area contributed by atoms with Crippen LogP contribution in [-0.2, 0) is 19.0 Å². The Labute approximate surface area is 98.9 Å². The smallest absolute Gasteiger partial charge is 0.354 e. The zero-order valence-corrected chi connectivity index (χ0v) is 9.83. The minimum absolute atomic E-state index is 0.125. The zero-order valence-electron chi connectivity index (χ0n) is 9.07. The Morgan fingerprint density at radius 2 is 2.19 bits per heavy atom. The van der Waals surface area contributed by atoms with Crippen molar-refractivity contribution in [3.63, 3.8) is 0 Å². The Morgan fingerprint density at radius 1 is 1.50 bits per heavy atom. The number of cyclic esters (lactones) is 1. The van der Waals surface area contributed by atoms with Gasteiger partial charge in [-0.15, -0.1) is 0 Å². The Morgan fingerprint density at radius 3 is 2.81 bits per heavy atom. The number of nitrogens with zero attached hydrogens (tertiary/aromatic N) is 1. The number of esters is 1. The van der Waals surface area contributed by atoms with Gasteiger partial charge in [-0.05, 0) is 6.92 Å². The van der Waals surface area contributed by atoms with E-state index in [1.807, 2.05) is 11.8 Å². The van der Waals surface area contributed by atoms with Crippen LogP contribution in [0.5, 0.6) is 0 Å². The van der Waals surface area contributed by atoms with E-state index in [1.54, 1.807) is 0 Å². The first kappa shape index (κ1) is 11.7. The Balaban J connectivity index is 2.16. The molecule has 0 aromatic heterocycles. The lowest BCUT2D eigenvalue weighted by Gasteiger charge is -2.31. The molecule has 1 unspecified atom stereocenters. The highest BCUT2D eigenvalue weighted by Crippen LogP contribution is 2.29. The summed E-state index contributed by atoms with van der Waals surface area (Å²) in [6, 6.07) is 0. The summed E-state index contributed by atoms with van der Waals surface area (Å²) >= 11 is 5.94. The van der Waals surface area contributed by atoms with Crippen LogP contribution in [0.2, 0.25) is 0 Å². The van der Waals surface area contributed by atoms with Crippen LogP contribution in [0.1, 0.15) is 6.92 Å². The van der Waals surface area contributed by atoms with E-state index in [-0.39, 0.29) is 5.03 Å². The molecule has 0 saturated carbocycles. The van der Waals surface area contributed by atoms with Gasteiger partial charge in [0.2, 0.25) is 6.29 Å². The predicted molar refractivity (Wildman–Crippen MR) is 56.8 cm³/mol. The number of hydrogen-bond acceptors (Lipinski definition) is 5. The Hall–Kier alpha value is -0.780. The molecule has 1 saturated heterocycles. The summed E-state index contributed by atoms with van der Waals surface area (Å²) < 4.78 is 15.6. The molecule has 1 fully saturated rings. The number of hydrogen-bond donors (Lipinski definition) is 0. The monoisotopic (exact) mass is 247 g/mol. The maximum absolute atomic E-state index is 11.4. The lowest BCUT2D eigenvalue weighted by atomic mass is 10.3. The summed E-state index contributed by atoms with van der Waals surface area (Å²) in [5.74, 6) is -0.512. The molecule has 0 aliphatic carbocycles. The molecule has 0 aromatic carbocycles. The number of halogens is 1. The molecule has 0 amide bonds. The minimum Gasteiger partial charge on any atom is -0.425 e. The maximum Gasteiger partial charge on any atom is 0.354 e. The molecule has 0 bridgehead atoms. The van der Waals surface area contributed by atoms with E-state index in [9.17, 15) is 4.79 Å². The SMILES string of the molecule is CCOC1OC(=O)C(Cl)=C1N1CCOCC1. The number of carbonyl (C=O) groups is 1. The van der Waals surface area contributed by atoms with Crippen molar-refractivity contribution in [2.75, 3.05) is 32.9 Å². The first-order valence-electron chi connectivity index (χ1n) is 5.29. The number of rotatable bonds is 3. The lowest BCUT2D eigenvalue weighted by Crippen LogP contribution is -2.39. The predicted octanol–water partition coefficient (Wildman–Crippen LogP) is 0.688. The van der Waals surface area contributed by atoms with E-state index in [4.69, 9.17) is 25.8 Å². The second-order valence-electron chi connectivity index (χ2n) is 3.49. The fourth-order valence-corrected chi connectivity index (χ4v) is 2.02. The Bertz CT molecular complexity index is 312. The van der Waals surface area contributed by atoms with Gasteiger partial charge in [0.05, 0.1) is 13.2 Å². The largest absolute Gasteiger partial charge is 0.425 e. The van der Waals surface area contributed by atoms with Crippen LogP contribution in [0, 0.1) is 0 Å². The van der Waals surface area contributed by atoms with Crippen molar-refractivity contribution in [2.45, 2.75) is 13.2 Å². The van der Waals surface area contributed by atoms with Crippen LogP contribution in [0.4, 0.5) is 0 Å². The van der Waals surface area contributed by atoms with E-state index < -0.39 is 12.3 Å². The third-order valence-electron chi connectivity index (χ3n) is 2.51. The van der Waals surface area contributed by atoms with Crippen molar-refractivity contribution < 1.29 is 19.0 Å². The van der Waals surface area contributed by atoms with E-state index >= 15 is 0 Å². The highest BCUT2D eigenvalue weighted by molar-refractivity contribution is 6.42. The first-order chi connectivity index (χ1) is 7.74. The van der Waals surface area contributed by atoms with Gasteiger partial charge in [-0.25, -0.2) is 4.79 Å². The molecule has 1 atom stereocenters. The van der Waals surface area contributed by atoms with Gasteiger partial charge in [0.25, 0.3) is 0 Å². The van der Waals surface area contributed by atoms with Gasteiger partial charge in [-0.1, -0.05) is 11.6 Å². The van der Waals surface area contributed by atoms with Gasteiger partial charge in [0.15, 0.2) is 5.03 Å². The third-order valence-corrected chi connectivity index (χ3v) is 2.86. The summed E-state index contributed by atoms with van der Waals surface area (Å²) in [7, 11) is 0. The maximum atomic E-state index is 11.4. The molecule has 6 heteroatoms. The molecule has 0 N–H and O–H groups in total. The van der Waals surface area contributed by atoms with Crippen LogP contribution in [0.15, 0.2) is 10.7 Å². The second-order valence-corrected chi connectivity index (χ2v) is 3.87. The van der Waals surface area contributed by atoms with Crippen molar-refractivity contribution in [3.05, 3.63) is 10.7 Å². The van der Waals surface area contributed by atoms with Crippen molar-refractivity contribution in [2.24, 2.45) is 0 Å². The van der Waals surface area contributed by atoms with Gasteiger partial charge >= 0.3 is 5.97 Å². The fraction of sp³-hybridized carbons (Fsp3) is 0.700. The fourth-order valence-electron chi connectivity index (χ4n) is 1.77. The van der Waals surface area contributed by atoms with E-state index in [2.05, 4.69) is 0 Å². The van der Waals surface area contributed by atoms with Gasteiger partial charge in [0, 0.05) is 19.7 Å². The van der Waals surface area contributed by atoms with Crippen LogP contribution < -0.4 is 0 Å². The van der Waals surface area contributed by atoms with E-state index in [1.165, 1.54) is 0 Å². The molecule has 0 aromatic rings. The van der Waals surface area contributed by atoms with Crippen molar-refractivity contribution in [1.29, 1.82) is 0 Å². The van der Waals surface area contributed by atoms with Crippen molar-refractivity contribution in [3.8, 4) is 0 Å². The molecule has 0 spiro atoms. The van der Waals surface area contributed by atoms with Crippen molar-refractivity contribution in [1.82, 2.24) is 4.90 Å². The van der Waals surface area contributed by atoms with Crippen LogP contribution >= 0.6 is 11.6 Å². The molecule has 2 aliphatic rings. The van der Waals surface area contributed by atoms with Crippen LogP contribution in [0.25, 0.3) is 0 Å². The van der Waals surface area contributed by atoms with Crippen LogP contribution in [-0.4, -0.2) is 50.1 Å². The molecular weight excluding hydrogens is 234 g/mol. The normalized spacial score (nSPS) is 26.2. The van der Waals surface area contributed by atoms with E-state index in [0.29, 0.717) is 38.6 Å². The molecule has 0 radical (unpaired) electrons. The van der Waals surface area contributed by atoms with Gasteiger partial charge in [-0.2, -0.15) is 0 Å². The average molecular weight is 248 g/mol.